The SMILES string of the molecule is N#Cc1cccnc1Cn1cnc2c(C#N)c(N3CCCC(N)C3)n(CC=C(Cl)Cl)c2c1=O. The van der Waals surface area contributed by atoms with Gasteiger partial charge in [0.25, 0.3) is 5.56 Å². The highest BCUT2D eigenvalue weighted by atomic mass is 35.5. The highest BCUT2D eigenvalue weighted by Gasteiger charge is 2.28. The Kier molecular flexibility index (Phi) is 6.66. The summed E-state index contributed by atoms with van der Waals surface area (Å²) in [5.74, 6) is 0.575. The fourth-order valence-electron chi connectivity index (χ4n) is 4.16. The van der Waals surface area contributed by atoms with Crippen LogP contribution >= 0.6 is 23.2 Å². The summed E-state index contributed by atoms with van der Waals surface area (Å²) in [6.07, 6.45) is 6.26. The minimum absolute atomic E-state index is 0.0397. The smallest absolute Gasteiger partial charge is 0.278 e. The van der Waals surface area contributed by atoms with Gasteiger partial charge in [-0.3, -0.25) is 14.3 Å². The van der Waals surface area contributed by atoms with Gasteiger partial charge < -0.3 is 15.2 Å². The molecule has 2 N–H and O–H groups in total. The van der Waals surface area contributed by atoms with E-state index in [1.54, 1.807) is 29.0 Å². The second kappa shape index (κ2) is 9.63. The molecule has 3 aromatic rings. The third-order valence-corrected chi connectivity index (χ3v) is 5.94. The van der Waals surface area contributed by atoms with Gasteiger partial charge in [-0.15, -0.1) is 0 Å². The van der Waals surface area contributed by atoms with Gasteiger partial charge in [0.2, 0.25) is 0 Å². The average Bonchev–Trinajstić information content (AvgIpc) is 3.13. The summed E-state index contributed by atoms with van der Waals surface area (Å²) in [6, 6.07) is 7.56. The van der Waals surface area contributed by atoms with Gasteiger partial charge in [0.15, 0.2) is 0 Å². The lowest BCUT2D eigenvalue weighted by molar-refractivity contribution is 0.499. The number of allylic oxidation sites excluding steroid dienone is 1. The number of hydrogen-bond acceptors (Lipinski definition) is 7. The van der Waals surface area contributed by atoms with Gasteiger partial charge >= 0.3 is 0 Å². The maximum atomic E-state index is 13.6. The maximum absolute atomic E-state index is 13.6. The predicted octanol–water partition coefficient (Wildman–Crippen LogP) is 2.63. The van der Waals surface area contributed by atoms with Crippen LogP contribution in [0.3, 0.4) is 0 Å². The number of anilines is 1. The van der Waals surface area contributed by atoms with Crippen molar-refractivity contribution >= 4 is 40.1 Å². The first-order chi connectivity index (χ1) is 15.9. The Hall–Kier alpha value is -3.37. The Balaban J connectivity index is 1.93. The van der Waals surface area contributed by atoms with E-state index < -0.39 is 0 Å². The zero-order valence-electron chi connectivity index (χ0n) is 17.6. The quantitative estimate of drug-likeness (QED) is 0.591. The predicted molar refractivity (Wildman–Crippen MR) is 126 cm³/mol. The third-order valence-electron chi connectivity index (χ3n) is 5.63. The first-order valence-corrected chi connectivity index (χ1v) is 11.1. The normalized spacial score (nSPS) is 15.8. The lowest BCUT2D eigenvalue weighted by Gasteiger charge is -2.33. The average molecular weight is 483 g/mol. The molecule has 0 aliphatic carbocycles. The number of rotatable bonds is 5. The first kappa shape index (κ1) is 22.8. The number of hydrogen-bond donors (Lipinski definition) is 1. The second-order valence-corrected chi connectivity index (χ2v) is 8.76. The fraction of sp³-hybridized carbons (Fsp3) is 0.318. The molecule has 0 bridgehead atoms. The van der Waals surface area contributed by atoms with E-state index in [9.17, 15) is 15.3 Å². The number of aromatic nitrogens is 4. The molecule has 4 heterocycles. The largest absolute Gasteiger partial charge is 0.355 e. The van der Waals surface area contributed by atoms with Gasteiger partial charge in [-0.25, -0.2) is 4.98 Å². The summed E-state index contributed by atoms with van der Waals surface area (Å²) in [5, 5.41) is 19.3. The zero-order valence-corrected chi connectivity index (χ0v) is 19.1. The Labute approximate surface area is 199 Å². The molecule has 0 aromatic carbocycles. The summed E-state index contributed by atoms with van der Waals surface area (Å²) in [4.78, 5) is 24.3. The second-order valence-electron chi connectivity index (χ2n) is 7.75. The Bertz CT molecular complexity index is 1370. The van der Waals surface area contributed by atoms with E-state index in [0.29, 0.717) is 41.2 Å². The lowest BCUT2D eigenvalue weighted by Crippen LogP contribution is -2.44. The van der Waals surface area contributed by atoms with Crippen LogP contribution in [0.25, 0.3) is 11.0 Å². The molecular weight excluding hydrogens is 463 g/mol. The molecule has 1 aliphatic rings. The topological polar surface area (TPSA) is 130 Å². The number of pyridine rings is 1. The van der Waals surface area contributed by atoms with Crippen LogP contribution in [-0.2, 0) is 13.1 Å². The van der Waals surface area contributed by atoms with Crippen LogP contribution in [-0.4, -0.2) is 38.2 Å². The van der Waals surface area contributed by atoms with Crippen LogP contribution < -0.4 is 16.2 Å². The molecule has 1 unspecified atom stereocenters. The van der Waals surface area contributed by atoms with Crippen molar-refractivity contribution in [3.8, 4) is 12.1 Å². The van der Waals surface area contributed by atoms with Gasteiger partial charge in [-0.1, -0.05) is 23.2 Å². The Morgan fingerprint density at radius 2 is 2.12 bits per heavy atom. The van der Waals surface area contributed by atoms with Crippen LogP contribution in [0, 0.1) is 22.7 Å². The van der Waals surface area contributed by atoms with E-state index >= 15 is 0 Å². The van der Waals surface area contributed by atoms with Crippen LogP contribution in [0.15, 0.2) is 40.0 Å². The molecule has 3 aromatic heterocycles. The van der Waals surface area contributed by atoms with Gasteiger partial charge in [-0.2, -0.15) is 10.5 Å². The van der Waals surface area contributed by atoms with Gasteiger partial charge in [-0.05, 0) is 31.1 Å². The van der Waals surface area contributed by atoms with Crippen molar-refractivity contribution in [2.75, 3.05) is 18.0 Å². The van der Waals surface area contributed by atoms with E-state index in [4.69, 9.17) is 28.9 Å². The highest BCUT2D eigenvalue weighted by molar-refractivity contribution is 6.55. The van der Waals surface area contributed by atoms with E-state index in [0.717, 1.165) is 12.8 Å². The van der Waals surface area contributed by atoms with Crippen molar-refractivity contribution in [1.29, 1.82) is 10.5 Å². The fourth-order valence-corrected chi connectivity index (χ4v) is 4.30. The number of nitriles is 2. The Morgan fingerprint density at radius 3 is 2.82 bits per heavy atom. The van der Waals surface area contributed by atoms with E-state index in [2.05, 4.69) is 22.1 Å². The van der Waals surface area contributed by atoms with Crippen molar-refractivity contribution in [1.82, 2.24) is 19.1 Å². The molecule has 1 fully saturated rings. The number of fused-ring (bicyclic) bond motifs is 1. The molecular formula is C22H20Cl2N8O. The van der Waals surface area contributed by atoms with Crippen molar-refractivity contribution in [2.45, 2.75) is 32.0 Å². The highest BCUT2D eigenvalue weighted by Crippen LogP contribution is 2.32. The Morgan fingerprint density at radius 1 is 1.30 bits per heavy atom. The number of piperidine rings is 1. The van der Waals surface area contributed by atoms with Crippen LogP contribution in [0.2, 0.25) is 0 Å². The van der Waals surface area contributed by atoms with Crippen LogP contribution in [0.1, 0.15) is 29.7 Å². The molecule has 1 aliphatic heterocycles. The van der Waals surface area contributed by atoms with Gasteiger partial charge in [0.05, 0.1) is 24.1 Å². The minimum Gasteiger partial charge on any atom is -0.355 e. The van der Waals surface area contributed by atoms with Crippen molar-refractivity contribution in [2.24, 2.45) is 5.73 Å². The number of nitrogens with two attached hydrogens (primary N) is 1. The van der Waals surface area contributed by atoms with E-state index in [1.165, 1.54) is 10.9 Å². The standard InChI is InChI=1S/C22H20Cl2N8O/c23-18(24)5-8-32-20-19(16(10-26)21(32)30-7-2-4-15(27)11-30)29-13-31(22(20)33)12-17-14(9-25)3-1-6-28-17/h1,3,5-6,13,15H,2,4,7-8,11-12,27H2. The summed E-state index contributed by atoms with van der Waals surface area (Å²) >= 11 is 11.7. The lowest BCUT2D eigenvalue weighted by atomic mass is 10.1. The first-order valence-electron chi connectivity index (χ1n) is 10.3. The van der Waals surface area contributed by atoms with Crippen molar-refractivity contribution in [3.05, 3.63) is 62.4 Å². The molecule has 1 atom stereocenters. The van der Waals surface area contributed by atoms with Crippen LogP contribution in [0.4, 0.5) is 5.82 Å². The molecule has 4 rings (SSSR count). The van der Waals surface area contributed by atoms with E-state index in [1.807, 2.05) is 4.90 Å². The summed E-state index contributed by atoms with van der Waals surface area (Å²) in [6.45, 7) is 1.49. The van der Waals surface area contributed by atoms with Gasteiger partial charge in [0, 0.05) is 31.9 Å². The number of nitrogens with zero attached hydrogens (tertiary/aromatic N) is 7. The molecule has 0 amide bonds. The monoisotopic (exact) mass is 482 g/mol. The van der Waals surface area contributed by atoms with Gasteiger partial charge in [0.1, 0.15) is 39.0 Å². The summed E-state index contributed by atoms with van der Waals surface area (Å²) in [7, 11) is 0. The molecule has 0 spiro atoms. The molecule has 9 nitrogen and oxygen atoms in total. The third kappa shape index (κ3) is 4.44. The molecule has 33 heavy (non-hydrogen) atoms. The molecule has 0 radical (unpaired) electrons. The van der Waals surface area contributed by atoms with Crippen LogP contribution in [0.5, 0.6) is 0 Å². The van der Waals surface area contributed by atoms with E-state index in [-0.39, 0.29) is 34.7 Å². The summed E-state index contributed by atoms with van der Waals surface area (Å²) in [5.41, 5.74) is 7.50. The molecule has 168 valence electrons. The molecule has 1 saturated heterocycles. The molecule has 11 heteroatoms. The summed E-state index contributed by atoms with van der Waals surface area (Å²) < 4.78 is 3.14. The zero-order chi connectivity index (χ0) is 23.5. The van der Waals surface area contributed by atoms with Crippen molar-refractivity contribution in [3.63, 3.8) is 0 Å². The minimum atomic E-state index is -0.363. The number of halogens is 2. The molecule has 0 saturated carbocycles. The maximum Gasteiger partial charge on any atom is 0.278 e. The van der Waals surface area contributed by atoms with Crippen molar-refractivity contribution < 1.29 is 0 Å².